The van der Waals surface area contributed by atoms with Gasteiger partial charge in [-0.25, -0.2) is 0 Å². The highest BCUT2D eigenvalue weighted by molar-refractivity contribution is 6.12. The molecule has 2 aromatic carbocycles. The molecule has 3 heterocycles. The van der Waals surface area contributed by atoms with E-state index in [1.54, 1.807) is 6.07 Å². The predicted octanol–water partition coefficient (Wildman–Crippen LogP) is 3.77. The van der Waals surface area contributed by atoms with Crippen LogP contribution in [0.15, 0.2) is 59.4 Å². The zero-order chi connectivity index (χ0) is 20.5. The summed E-state index contributed by atoms with van der Waals surface area (Å²) in [6.45, 7) is 0.910. The number of anilines is 1. The lowest BCUT2D eigenvalue weighted by atomic mass is 10.1. The summed E-state index contributed by atoms with van der Waals surface area (Å²) in [7, 11) is 0. The maximum absolute atomic E-state index is 13.0. The fourth-order valence-electron chi connectivity index (χ4n) is 4.03. The largest absolute Gasteiger partial charge is 0.322 e. The van der Waals surface area contributed by atoms with E-state index in [1.807, 2.05) is 42.5 Å². The van der Waals surface area contributed by atoms with Gasteiger partial charge < -0.3 is 14.9 Å². The second-order valence-electron chi connectivity index (χ2n) is 7.53. The van der Waals surface area contributed by atoms with E-state index in [2.05, 4.69) is 25.1 Å². The van der Waals surface area contributed by atoms with Gasteiger partial charge >= 0.3 is 0 Å². The van der Waals surface area contributed by atoms with Gasteiger partial charge in [-0.1, -0.05) is 36.8 Å². The minimum Gasteiger partial charge on any atom is -0.322 e. The lowest BCUT2D eigenvalue weighted by Gasteiger charge is -2.10. The number of aromatic nitrogens is 4. The van der Waals surface area contributed by atoms with Crippen molar-refractivity contribution in [3.8, 4) is 11.4 Å². The molecule has 0 saturated heterocycles. The number of pyridine rings is 1. The molecule has 0 spiro atoms. The maximum Gasteiger partial charge on any atom is 0.256 e. The first-order chi connectivity index (χ1) is 14.7. The number of fused-ring (bicyclic) bond motifs is 2. The number of amides is 1. The molecule has 4 aromatic rings. The molecule has 7 heteroatoms. The summed E-state index contributed by atoms with van der Waals surface area (Å²) in [4.78, 5) is 27.7. The number of carbonyl (C=O) groups excluding carboxylic acids is 1. The van der Waals surface area contributed by atoms with Crippen molar-refractivity contribution in [2.24, 2.45) is 0 Å². The zero-order valence-corrected chi connectivity index (χ0v) is 16.4. The predicted molar refractivity (Wildman–Crippen MR) is 116 cm³/mol. The fourth-order valence-corrected chi connectivity index (χ4v) is 4.03. The van der Waals surface area contributed by atoms with Gasteiger partial charge in [0.15, 0.2) is 5.82 Å². The van der Waals surface area contributed by atoms with Crippen LogP contribution in [0.5, 0.6) is 0 Å². The van der Waals surface area contributed by atoms with Crippen LogP contribution in [-0.2, 0) is 13.0 Å². The van der Waals surface area contributed by atoms with Crippen molar-refractivity contribution in [3.63, 3.8) is 0 Å². The molecule has 7 nitrogen and oxygen atoms in total. The first kappa shape index (κ1) is 18.3. The van der Waals surface area contributed by atoms with Gasteiger partial charge in [0.25, 0.3) is 5.91 Å². The van der Waals surface area contributed by atoms with Crippen LogP contribution < -0.4 is 10.9 Å². The number of para-hydroxylation sites is 1. The Kier molecular flexibility index (Phi) is 4.63. The lowest BCUT2D eigenvalue weighted by Crippen LogP contribution is -2.16. The normalized spacial score (nSPS) is 13.6. The quantitative estimate of drug-likeness (QED) is 0.549. The molecule has 2 aromatic heterocycles. The third kappa shape index (κ3) is 3.39. The Bertz CT molecular complexity index is 1300. The Morgan fingerprint density at radius 3 is 2.83 bits per heavy atom. The molecule has 150 valence electrons. The summed E-state index contributed by atoms with van der Waals surface area (Å²) in [6.07, 6.45) is 4.39. The monoisotopic (exact) mass is 399 g/mol. The van der Waals surface area contributed by atoms with Gasteiger partial charge in [0, 0.05) is 41.2 Å². The fraction of sp³-hybridized carbons (Fsp3) is 0.217. The number of hydrogen-bond donors (Lipinski definition) is 2. The number of hydrogen-bond acceptors (Lipinski definition) is 4. The second-order valence-corrected chi connectivity index (χ2v) is 7.53. The summed E-state index contributed by atoms with van der Waals surface area (Å²) in [5, 5.41) is 12.4. The molecule has 30 heavy (non-hydrogen) atoms. The smallest absolute Gasteiger partial charge is 0.256 e. The van der Waals surface area contributed by atoms with Gasteiger partial charge in [-0.3, -0.25) is 9.59 Å². The van der Waals surface area contributed by atoms with Crippen LogP contribution in [0.4, 0.5) is 5.69 Å². The second kappa shape index (κ2) is 7.59. The van der Waals surface area contributed by atoms with Crippen LogP contribution in [0.25, 0.3) is 22.3 Å². The number of nitrogens with one attached hydrogen (secondary N) is 2. The molecule has 1 aliphatic rings. The third-order valence-electron chi connectivity index (χ3n) is 5.48. The summed E-state index contributed by atoms with van der Waals surface area (Å²) >= 11 is 0. The molecule has 0 fully saturated rings. The Hall–Kier alpha value is -3.74. The van der Waals surface area contributed by atoms with Crippen LogP contribution in [0.1, 0.15) is 35.4 Å². The Labute approximate surface area is 172 Å². The van der Waals surface area contributed by atoms with Gasteiger partial charge in [-0.15, -0.1) is 10.2 Å². The number of rotatable bonds is 3. The van der Waals surface area contributed by atoms with Crippen molar-refractivity contribution >= 4 is 22.5 Å². The molecular formula is C23H21N5O2. The first-order valence-electron chi connectivity index (χ1n) is 10.1. The highest BCUT2D eigenvalue weighted by Crippen LogP contribution is 2.25. The average molecular weight is 399 g/mol. The van der Waals surface area contributed by atoms with E-state index in [4.69, 9.17) is 0 Å². The SMILES string of the molecule is O=C(Nc1cccc(-c2nnc3n2CCCCC3)c1)c1cc(=O)[nH]c2ccccc12. The van der Waals surface area contributed by atoms with Gasteiger partial charge in [0.2, 0.25) is 5.56 Å². The van der Waals surface area contributed by atoms with Gasteiger partial charge in [-0.05, 0) is 31.0 Å². The van der Waals surface area contributed by atoms with Crippen molar-refractivity contribution in [2.75, 3.05) is 5.32 Å². The van der Waals surface area contributed by atoms with Crippen LogP contribution in [-0.4, -0.2) is 25.7 Å². The van der Waals surface area contributed by atoms with Gasteiger partial charge in [-0.2, -0.15) is 0 Å². The third-order valence-corrected chi connectivity index (χ3v) is 5.48. The van der Waals surface area contributed by atoms with E-state index in [-0.39, 0.29) is 11.5 Å². The molecule has 0 atom stereocenters. The van der Waals surface area contributed by atoms with Crippen LogP contribution in [0, 0.1) is 0 Å². The van der Waals surface area contributed by atoms with E-state index < -0.39 is 0 Å². The minimum atomic E-state index is -0.325. The molecule has 1 aliphatic heterocycles. The maximum atomic E-state index is 13.0. The van der Waals surface area contributed by atoms with E-state index in [0.717, 1.165) is 43.0 Å². The van der Waals surface area contributed by atoms with Crippen molar-refractivity contribution < 1.29 is 4.79 Å². The highest BCUT2D eigenvalue weighted by Gasteiger charge is 2.17. The lowest BCUT2D eigenvalue weighted by molar-refractivity contribution is 0.102. The number of nitrogens with zero attached hydrogens (tertiary/aromatic N) is 3. The summed E-state index contributed by atoms with van der Waals surface area (Å²) in [5.74, 6) is 1.52. The number of carbonyl (C=O) groups is 1. The molecule has 5 rings (SSSR count). The van der Waals surface area contributed by atoms with Crippen molar-refractivity contribution in [3.05, 3.63) is 76.3 Å². The van der Waals surface area contributed by atoms with Crippen LogP contribution >= 0.6 is 0 Å². The molecular weight excluding hydrogens is 378 g/mol. The van der Waals surface area contributed by atoms with Crippen LogP contribution in [0.2, 0.25) is 0 Å². The molecule has 0 radical (unpaired) electrons. The number of aromatic amines is 1. The minimum absolute atomic E-state index is 0.307. The first-order valence-corrected chi connectivity index (χ1v) is 10.1. The van der Waals surface area contributed by atoms with E-state index in [1.165, 1.54) is 12.5 Å². The Morgan fingerprint density at radius 1 is 1.00 bits per heavy atom. The highest BCUT2D eigenvalue weighted by atomic mass is 16.2. The Morgan fingerprint density at radius 2 is 1.90 bits per heavy atom. The topological polar surface area (TPSA) is 92.7 Å². The molecule has 0 saturated carbocycles. The van der Waals surface area contributed by atoms with Gasteiger partial charge in [0.05, 0.1) is 5.56 Å². The average Bonchev–Trinajstić information content (AvgIpc) is 3.01. The molecule has 1 amide bonds. The van der Waals surface area contributed by atoms with E-state index >= 15 is 0 Å². The molecule has 0 bridgehead atoms. The molecule has 0 unspecified atom stereocenters. The van der Waals surface area contributed by atoms with Crippen molar-refractivity contribution in [1.29, 1.82) is 0 Å². The van der Waals surface area contributed by atoms with Crippen molar-refractivity contribution in [1.82, 2.24) is 19.7 Å². The Balaban J connectivity index is 1.47. The molecule has 2 N–H and O–H groups in total. The number of benzene rings is 2. The summed E-state index contributed by atoms with van der Waals surface area (Å²) in [6, 6.07) is 16.2. The van der Waals surface area contributed by atoms with E-state index in [9.17, 15) is 9.59 Å². The molecule has 0 aliphatic carbocycles. The van der Waals surface area contributed by atoms with Crippen molar-refractivity contribution in [2.45, 2.75) is 32.2 Å². The zero-order valence-electron chi connectivity index (χ0n) is 16.4. The van der Waals surface area contributed by atoms with Gasteiger partial charge in [0.1, 0.15) is 5.82 Å². The number of H-pyrrole nitrogens is 1. The number of aryl methyl sites for hydroxylation is 1. The van der Waals surface area contributed by atoms with Crippen LogP contribution in [0.3, 0.4) is 0 Å². The van der Waals surface area contributed by atoms with E-state index in [0.29, 0.717) is 22.2 Å². The standard InChI is InChI=1S/C23H21N5O2/c29-21-14-18(17-9-3-4-10-19(17)25-21)23(30)24-16-8-6-7-15(13-16)22-27-26-20-11-2-1-5-12-28(20)22/h3-4,6-10,13-14H,1-2,5,11-12H2,(H,24,30)(H,25,29). The summed E-state index contributed by atoms with van der Waals surface area (Å²) < 4.78 is 2.18. The summed E-state index contributed by atoms with van der Waals surface area (Å²) in [5.41, 5.74) is 2.22.